The van der Waals surface area contributed by atoms with Crippen molar-refractivity contribution >= 4 is 9.84 Å². The first-order valence-corrected chi connectivity index (χ1v) is 9.28. The topological polar surface area (TPSA) is 63.6 Å². The van der Waals surface area contributed by atoms with E-state index in [9.17, 15) is 13.5 Å². The van der Waals surface area contributed by atoms with Crippen LogP contribution in [0, 0.1) is 5.92 Å². The van der Waals surface area contributed by atoms with Crippen LogP contribution in [0.5, 0.6) is 0 Å². The van der Waals surface area contributed by atoms with Gasteiger partial charge < -0.3 is 9.84 Å². The number of aliphatic hydroxyl groups is 1. The molecule has 0 bridgehead atoms. The highest BCUT2D eigenvalue weighted by atomic mass is 32.2. The van der Waals surface area contributed by atoms with Crippen LogP contribution in [0.4, 0.5) is 0 Å². The molecule has 2 aliphatic heterocycles. The molecule has 3 unspecified atom stereocenters. The fraction of sp³-hybridized carbons (Fsp3) is 1.00. The molecule has 5 heteroatoms. The van der Waals surface area contributed by atoms with Crippen LogP contribution in [-0.4, -0.2) is 42.8 Å². The van der Waals surface area contributed by atoms with Gasteiger partial charge in [-0.15, -0.1) is 0 Å². The average Bonchev–Trinajstić information content (AvgIpc) is 2.36. The molecule has 0 radical (unpaired) electrons. The van der Waals surface area contributed by atoms with Crippen LogP contribution < -0.4 is 0 Å². The maximum Gasteiger partial charge on any atom is 0.155 e. The second kappa shape index (κ2) is 5.01. The Bertz CT molecular complexity index is 427. The van der Waals surface area contributed by atoms with Crippen molar-refractivity contribution in [1.82, 2.24) is 0 Å². The summed E-state index contributed by atoms with van der Waals surface area (Å²) in [5.41, 5.74) is -0.0255. The van der Waals surface area contributed by atoms with Crippen molar-refractivity contribution in [1.29, 1.82) is 0 Å². The minimum absolute atomic E-state index is 0.0255. The largest absolute Gasteiger partial charge is 0.391 e. The van der Waals surface area contributed by atoms with Gasteiger partial charge in [0.25, 0.3) is 0 Å². The molecule has 110 valence electrons. The molecule has 2 heterocycles. The van der Waals surface area contributed by atoms with E-state index in [2.05, 4.69) is 0 Å². The van der Waals surface area contributed by atoms with Crippen LogP contribution in [-0.2, 0) is 14.6 Å². The van der Waals surface area contributed by atoms with Gasteiger partial charge in [0.15, 0.2) is 9.84 Å². The van der Waals surface area contributed by atoms with Crippen LogP contribution >= 0.6 is 0 Å². The van der Waals surface area contributed by atoms with E-state index < -0.39 is 21.2 Å². The summed E-state index contributed by atoms with van der Waals surface area (Å²) in [7, 11) is -3.09. The summed E-state index contributed by atoms with van der Waals surface area (Å²) >= 11 is 0. The minimum atomic E-state index is -3.09. The standard InChI is InChI=1S/C14H24O4S/c15-13(12-4-1-2-9-19(12,16)17)11-5-8-18-14(10-11)6-3-7-14/h11-13,15H,1-10H2. The monoisotopic (exact) mass is 288 g/mol. The quantitative estimate of drug-likeness (QED) is 0.839. The lowest BCUT2D eigenvalue weighted by molar-refractivity contribution is -0.157. The zero-order valence-electron chi connectivity index (χ0n) is 11.4. The molecule has 3 aliphatic rings. The van der Waals surface area contributed by atoms with Gasteiger partial charge in [-0.05, 0) is 50.9 Å². The summed E-state index contributed by atoms with van der Waals surface area (Å²) in [5, 5.41) is 10.0. The van der Waals surface area contributed by atoms with E-state index in [1.807, 2.05) is 0 Å². The highest BCUT2D eigenvalue weighted by Crippen LogP contribution is 2.46. The molecule has 1 saturated carbocycles. The Labute approximate surface area is 115 Å². The Morgan fingerprint density at radius 2 is 1.95 bits per heavy atom. The summed E-state index contributed by atoms with van der Waals surface area (Å²) < 4.78 is 30.1. The summed E-state index contributed by atoms with van der Waals surface area (Å²) in [5.74, 6) is 0.357. The zero-order chi connectivity index (χ0) is 13.5. The van der Waals surface area contributed by atoms with E-state index in [0.717, 1.165) is 38.5 Å². The Morgan fingerprint density at radius 1 is 1.16 bits per heavy atom. The Balaban J connectivity index is 1.70. The third-order valence-electron chi connectivity index (χ3n) is 5.29. The number of sulfone groups is 1. The zero-order valence-corrected chi connectivity index (χ0v) is 12.2. The van der Waals surface area contributed by atoms with Crippen molar-refractivity contribution in [3.05, 3.63) is 0 Å². The van der Waals surface area contributed by atoms with E-state index in [-0.39, 0.29) is 17.3 Å². The smallest absolute Gasteiger partial charge is 0.155 e. The molecule has 0 aromatic carbocycles. The maximum absolute atomic E-state index is 12.1. The van der Waals surface area contributed by atoms with Crippen molar-refractivity contribution in [2.75, 3.05) is 12.4 Å². The summed E-state index contributed by atoms with van der Waals surface area (Å²) in [6, 6.07) is 0. The summed E-state index contributed by atoms with van der Waals surface area (Å²) in [6.45, 7) is 0.675. The van der Waals surface area contributed by atoms with Crippen LogP contribution in [0.15, 0.2) is 0 Å². The van der Waals surface area contributed by atoms with E-state index in [1.54, 1.807) is 0 Å². The lowest BCUT2D eigenvalue weighted by Gasteiger charge is -2.49. The van der Waals surface area contributed by atoms with Crippen molar-refractivity contribution in [3.8, 4) is 0 Å². The first kappa shape index (κ1) is 13.8. The minimum Gasteiger partial charge on any atom is -0.391 e. The number of rotatable bonds is 2. The molecule has 1 aliphatic carbocycles. The van der Waals surface area contributed by atoms with Crippen LogP contribution in [0.1, 0.15) is 51.4 Å². The van der Waals surface area contributed by atoms with Crippen molar-refractivity contribution in [2.24, 2.45) is 5.92 Å². The molecule has 1 N–H and O–H groups in total. The summed E-state index contributed by atoms with van der Waals surface area (Å²) in [4.78, 5) is 0. The van der Waals surface area contributed by atoms with Gasteiger partial charge in [-0.1, -0.05) is 6.42 Å². The Hall–Kier alpha value is -0.130. The fourth-order valence-corrected chi connectivity index (χ4v) is 6.03. The predicted octanol–water partition coefficient (Wildman–Crippen LogP) is 1.66. The molecule has 3 fully saturated rings. The number of aliphatic hydroxyl groups excluding tert-OH is 1. The second-order valence-corrected chi connectivity index (χ2v) is 8.87. The van der Waals surface area contributed by atoms with Gasteiger partial charge in [-0.2, -0.15) is 0 Å². The fourth-order valence-electron chi connectivity index (χ4n) is 3.94. The highest BCUT2D eigenvalue weighted by molar-refractivity contribution is 7.92. The SMILES string of the molecule is O=S1(=O)CCCCC1C(O)C1CCOC2(CCC2)C1. The van der Waals surface area contributed by atoms with Gasteiger partial charge in [0.1, 0.15) is 0 Å². The number of hydrogen-bond donors (Lipinski definition) is 1. The van der Waals surface area contributed by atoms with E-state index >= 15 is 0 Å². The van der Waals surface area contributed by atoms with E-state index in [0.29, 0.717) is 13.0 Å². The molecule has 4 nitrogen and oxygen atoms in total. The summed E-state index contributed by atoms with van der Waals surface area (Å²) in [6.07, 6.45) is 6.62. The second-order valence-electron chi connectivity index (χ2n) is 6.53. The molecular formula is C14H24O4S. The molecule has 3 atom stereocenters. The van der Waals surface area contributed by atoms with Gasteiger partial charge in [0, 0.05) is 6.61 Å². The predicted molar refractivity (Wildman–Crippen MR) is 72.7 cm³/mol. The van der Waals surface area contributed by atoms with Crippen molar-refractivity contribution in [2.45, 2.75) is 68.3 Å². The maximum atomic E-state index is 12.1. The van der Waals surface area contributed by atoms with Gasteiger partial charge in [-0.25, -0.2) is 8.42 Å². The Kier molecular flexibility index (Phi) is 3.65. The molecule has 0 amide bonds. The van der Waals surface area contributed by atoms with Gasteiger partial charge in [0.05, 0.1) is 22.7 Å². The highest BCUT2D eigenvalue weighted by Gasteiger charge is 2.47. The Morgan fingerprint density at radius 3 is 2.58 bits per heavy atom. The van der Waals surface area contributed by atoms with Crippen molar-refractivity contribution in [3.63, 3.8) is 0 Å². The third kappa shape index (κ3) is 2.57. The first-order valence-electron chi connectivity index (χ1n) is 7.56. The first-order chi connectivity index (χ1) is 9.03. The number of ether oxygens (including phenoxy) is 1. The van der Waals surface area contributed by atoms with Crippen molar-refractivity contribution < 1.29 is 18.3 Å². The van der Waals surface area contributed by atoms with Gasteiger partial charge >= 0.3 is 0 Å². The third-order valence-corrected chi connectivity index (χ3v) is 7.58. The molecule has 3 rings (SSSR count). The molecule has 1 spiro atoms. The van der Waals surface area contributed by atoms with E-state index in [4.69, 9.17) is 4.74 Å². The lowest BCUT2D eigenvalue weighted by Crippen LogP contribution is -2.51. The molecule has 2 saturated heterocycles. The van der Waals surface area contributed by atoms with E-state index in [1.165, 1.54) is 6.42 Å². The van der Waals surface area contributed by atoms with Crippen LogP contribution in [0.25, 0.3) is 0 Å². The molecular weight excluding hydrogens is 264 g/mol. The average molecular weight is 288 g/mol. The number of hydrogen-bond acceptors (Lipinski definition) is 4. The van der Waals surface area contributed by atoms with Crippen LogP contribution in [0.2, 0.25) is 0 Å². The molecule has 19 heavy (non-hydrogen) atoms. The van der Waals surface area contributed by atoms with Gasteiger partial charge in [0.2, 0.25) is 0 Å². The van der Waals surface area contributed by atoms with Gasteiger partial charge in [-0.3, -0.25) is 0 Å². The molecule has 0 aromatic heterocycles. The van der Waals surface area contributed by atoms with Crippen LogP contribution in [0.3, 0.4) is 0 Å². The lowest BCUT2D eigenvalue weighted by atomic mass is 9.70. The normalized spacial score (nSPS) is 38.6. The molecule has 0 aromatic rings.